The van der Waals surface area contributed by atoms with Crippen LogP contribution in [-0.2, 0) is 9.84 Å². The number of alkyl halides is 1. The van der Waals surface area contributed by atoms with Crippen molar-refractivity contribution in [1.29, 1.82) is 0 Å². The van der Waals surface area contributed by atoms with Gasteiger partial charge in [0, 0.05) is 24.2 Å². The number of hydrogen-bond donors (Lipinski definition) is 0. The lowest BCUT2D eigenvalue weighted by molar-refractivity contribution is 0.133. The molecule has 1 atom stereocenters. The van der Waals surface area contributed by atoms with Crippen LogP contribution in [-0.4, -0.2) is 49.8 Å². The molecule has 0 aromatic heterocycles. The number of sulfone groups is 1. The van der Waals surface area contributed by atoms with Gasteiger partial charge in [0.15, 0.2) is 0 Å². The zero-order valence-electron chi connectivity index (χ0n) is 9.66. The molecule has 5 heteroatoms. The van der Waals surface area contributed by atoms with Crippen LogP contribution in [0.25, 0.3) is 0 Å². The van der Waals surface area contributed by atoms with Gasteiger partial charge in [-0.1, -0.05) is 29.8 Å². The summed E-state index contributed by atoms with van der Waals surface area (Å²) >= 11 is 3.68. The Bertz CT molecular complexity index is 313. The second kappa shape index (κ2) is 4.72. The van der Waals surface area contributed by atoms with Crippen molar-refractivity contribution in [3.05, 3.63) is 0 Å². The lowest BCUT2D eigenvalue weighted by Crippen LogP contribution is -2.47. The Balaban J connectivity index is 2.46. The van der Waals surface area contributed by atoms with Gasteiger partial charge >= 0.3 is 0 Å². The summed E-state index contributed by atoms with van der Waals surface area (Å²) in [5.41, 5.74) is 0.232. The van der Waals surface area contributed by atoms with E-state index in [2.05, 4.69) is 34.7 Å². The van der Waals surface area contributed by atoms with Crippen molar-refractivity contribution in [3.63, 3.8) is 0 Å². The summed E-state index contributed by atoms with van der Waals surface area (Å²) in [6, 6.07) is 0. The Kier molecular flexibility index (Phi) is 4.23. The molecule has 1 fully saturated rings. The quantitative estimate of drug-likeness (QED) is 0.742. The fourth-order valence-electron chi connectivity index (χ4n) is 1.93. The molecule has 0 spiro atoms. The number of nitrogens with zero attached hydrogens (tertiary/aromatic N) is 1. The summed E-state index contributed by atoms with van der Waals surface area (Å²) in [5.74, 6) is 0.274. The van der Waals surface area contributed by atoms with E-state index in [0.717, 1.165) is 19.5 Å². The lowest BCUT2D eigenvalue weighted by Gasteiger charge is -2.41. The molecule has 0 aromatic carbocycles. The summed E-state index contributed by atoms with van der Waals surface area (Å²) in [7, 11) is -2.83. The van der Waals surface area contributed by atoms with Crippen LogP contribution < -0.4 is 0 Å². The average molecular weight is 298 g/mol. The highest BCUT2D eigenvalue weighted by atomic mass is 79.9. The fourth-order valence-corrected chi connectivity index (χ4v) is 2.87. The normalized spacial score (nSPS) is 27.9. The molecule has 0 aliphatic carbocycles. The highest BCUT2D eigenvalue weighted by Gasteiger charge is 2.33. The molecular formula is C10H20BrNO2S. The maximum absolute atomic E-state index is 11.1. The Morgan fingerprint density at radius 3 is 2.53 bits per heavy atom. The fraction of sp³-hybridized carbons (Fsp3) is 1.00. The molecule has 1 aliphatic heterocycles. The first-order valence-corrected chi connectivity index (χ1v) is 8.22. The van der Waals surface area contributed by atoms with Crippen molar-refractivity contribution >= 4 is 25.8 Å². The minimum atomic E-state index is -2.83. The predicted octanol–water partition coefficient (Wildman–Crippen LogP) is 1.53. The third kappa shape index (κ3) is 4.41. The molecule has 0 amide bonds. The van der Waals surface area contributed by atoms with Gasteiger partial charge in [0.05, 0.1) is 5.75 Å². The molecule has 0 saturated carbocycles. The highest BCUT2D eigenvalue weighted by molar-refractivity contribution is 9.09. The smallest absolute Gasteiger partial charge is 0.148 e. The maximum Gasteiger partial charge on any atom is 0.148 e. The molecule has 0 bridgehead atoms. The summed E-state index contributed by atoms with van der Waals surface area (Å²) in [6.45, 7) is 7.08. The average Bonchev–Trinajstić information content (AvgIpc) is 2.06. The van der Waals surface area contributed by atoms with Gasteiger partial charge in [-0.15, -0.1) is 0 Å². The Morgan fingerprint density at radius 2 is 2.07 bits per heavy atom. The first-order valence-electron chi connectivity index (χ1n) is 5.25. The molecule has 0 aromatic rings. The molecule has 1 unspecified atom stereocenters. The van der Waals surface area contributed by atoms with E-state index in [9.17, 15) is 8.42 Å². The molecule has 1 saturated heterocycles. The number of rotatable bonds is 3. The van der Waals surface area contributed by atoms with Crippen LogP contribution >= 0.6 is 15.9 Å². The van der Waals surface area contributed by atoms with Crippen molar-refractivity contribution in [1.82, 2.24) is 4.90 Å². The SMILES string of the molecule is CC1(C)CN(CCS(C)(=O)=O)CCC1Br. The molecular weight excluding hydrogens is 278 g/mol. The van der Waals surface area contributed by atoms with Crippen molar-refractivity contribution in [2.75, 3.05) is 31.6 Å². The third-order valence-corrected chi connectivity index (χ3v) is 5.58. The molecule has 0 radical (unpaired) electrons. The first kappa shape index (κ1) is 13.5. The molecule has 1 aliphatic rings. The van der Waals surface area contributed by atoms with E-state index >= 15 is 0 Å². The van der Waals surface area contributed by atoms with E-state index in [1.165, 1.54) is 6.26 Å². The summed E-state index contributed by atoms with van der Waals surface area (Å²) in [5, 5.41) is 0. The van der Waals surface area contributed by atoms with Crippen molar-refractivity contribution in [2.45, 2.75) is 25.1 Å². The minimum Gasteiger partial charge on any atom is -0.302 e. The number of piperidine rings is 1. The van der Waals surface area contributed by atoms with E-state index in [-0.39, 0.29) is 11.2 Å². The van der Waals surface area contributed by atoms with Gasteiger partial charge in [0.2, 0.25) is 0 Å². The first-order chi connectivity index (χ1) is 6.71. The van der Waals surface area contributed by atoms with Crippen LogP contribution in [0.4, 0.5) is 0 Å². The van der Waals surface area contributed by atoms with Crippen molar-refractivity contribution < 1.29 is 8.42 Å². The number of likely N-dealkylation sites (tertiary alicyclic amines) is 1. The largest absolute Gasteiger partial charge is 0.302 e. The van der Waals surface area contributed by atoms with Gasteiger partial charge in [0.25, 0.3) is 0 Å². The van der Waals surface area contributed by atoms with Gasteiger partial charge in [0.1, 0.15) is 9.84 Å². The second-order valence-corrected chi connectivity index (χ2v) is 8.52. The lowest BCUT2D eigenvalue weighted by atomic mass is 9.84. The Morgan fingerprint density at radius 1 is 1.47 bits per heavy atom. The van der Waals surface area contributed by atoms with E-state index in [4.69, 9.17) is 0 Å². The zero-order valence-corrected chi connectivity index (χ0v) is 12.1. The standard InChI is InChI=1S/C10H20BrNO2S/c1-10(2)8-12(5-4-9(10)11)6-7-15(3,13)14/h9H,4-8H2,1-3H3. The van der Waals surface area contributed by atoms with Gasteiger partial charge in [-0.05, 0) is 18.4 Å². The third-order valence-electron chi connectivity index (χ3n) is 2.96. The molecule has 1 rings (SSSR count). The summed E-state index contributed by atoms with van der Waals surface area (Å²) < 4.78 is 22.1. The van der Waals surface area contributed by atoms with Crippen LogP contribution in [0.15, 0.2) is 0 Å². The Labute approximate surface area is 101 Å². The van der Waals surface area contributed by atoms with Crippen molar-refractivity contribution in [3.8, 4) is 0 Å². The Hall–Kier alpha value is 0.390. The van der Waals surface area contributed by atoms with Gasteiger partial charge in [-0.2, -0.15) is 0 Å². The van der Waals surface area contributed by atoms with Crippen molar-refractivity contribution in [2.24, 2.45) is 5.41 Å². The van der Waals surface area contributed by atoms with Gasteiger partial charge in [-0.3, -0.25) is 0 Å². The van der Waals surface area contributed by atoms with E-state index < -0.39 is 9.84 Å². The molecule has 0 N–H and O–H groups in total. The number of hydrogen-bond acceptors (Lipinski definition) is 3. The molecule has 15 heavy (non-hydrogen) atoms. The maximum atomic E-state index is 11.1. The highest BCUT2D eigenvalue weighted by Crippen LogP contribution is 2.34. The molecule has 3 nitrogen and oxygen atoms in total. The summed E-state index contributed by atoms with van der Waals surface area (Å²) in [4.78, 5) is 2.79. The zero-order chi connectivity index (χ0) is 11.7. The van der Waals surface area contributed by atoms with Crippen LogP contribution in [0.2, 0.25) is 0 Å². The molecule has 1 heterocycles. The van der Waals surface area contributed by atoms with Crippen LogP contribution in [0.1, 0.15) is 20.3 Å². The monoisotopic (exact) mass is 297 g/mol. The van der Waals surface area contributed by atoms with Crippen LogP contribution in [0.5, 0.6) is 0 Å². The number of halogens is 1. The van der Waals surface area contributed by atoms with Crippen LogP contribution in [0, 0.1) is 5.41 Å². The topological polar surface area (TPSA) is 37.4 Å². The van der Waals surface area contributed by atoms with Gasteiger partial charge < -0.3 is 4.90 Å². The van der Waals surface area contributed by atoms with Gasteiger partial charge in [-0.25, -0.2) is 8.42 Å². The van der Waals surface area contributed by atoms with Crippen LogP contribution in [0.3, 0.4) is 0 Å². The minimum absolute atomic E-state index is 0.232. The summed E-state index contributed by atoms with van der Waals surface area (Å²) in [6.07, 6.45) is 2.39. The predicted molar refractivity (Wildman–Crippen MR) is 67.3 cm³/mol. The second-order valence-electron chi connectivity index (χ2n) is 5.15. The molecule has 90 valence electrons. The van der Waals surface area contributed by atoms with E-state index in [1.54, 1.807) is 0 Å². The van der Waals surface area contributed by atoms with E-state index in [0.29, 0.717) is 11.4 Å². The van der Waals surface area contributed by atoms with E-state index in [1.807, 2.05) is 0 Å².